The molecule has 2 fully saturated rings. The molecular formula is C21H28N4O3. The summed E-state index contributed by atoms with van der Waals surface area (Å²) in [6.45, 7) is 6.88. The molecule has 7 nitrogen and oxygen atoms in total. The number of rotatable bonds is 4. The van der Waals surface area contributed by atoms with Crippen LogP contribution < -0.4 is 4.90 Å². The summed E-state index contributed by atoms with van der Waals surface area (Å²) in [6.07, 6.45) is 0.0488. The zero-order valence-corrected chi connectivity index (χ0v) is 16.5. The van der Waals surface area contributed by atoms with Crippen molar-refractivity contribution >= 4 is 11.6 Å². The molecule has 7 heteroatoms. The summed E-state index contributed by atoms with van der Waals surface area (Å²) in [7, 11) is 2.14. The summed E-state index contributed by atoms with van der Waals surface area (Å²) in [4.78, 5) is 19.3. The molecule has 4 rings (SSSR count). The van der Waals surface area contributed by atoms with E-state index >= 15 is 0 Å². The van der Waals surface area contributed by atoms with Crippen LogP contribution in [0.5, 0.6) is 0 Å². The lowest BCUT2D eigenvalue weighted by atomic mass is 10.0. The quantitative estimate of drug-likeness (QED) is 0.859. The molecule has 2 aliphatic rings. The van der Waals surface area contributed by atoms with Gasteiger partial charge < -0.3 is 24.3 Å². The first-order chi connectivity index (χ1) is 13.5. The molecule has 1 aromatic heterocycles. The van der Waals surface area contributed by atoms with Gasteiger partial charge in [-0.25, -0.2) is 0 Å². The molecule has 2 aliphatic heterocycles. The van der Waals surface area contributed by atoms with Gasteiger partial charge in [-0.3, -0.25) is 4.79 Å². The highest BCUT2D eigenvalue weighted by atomic mass is 16.5. The zero-order valence-electron chi connectivity index (χ0n) is 16.5. The lowest BCUT2D eigenvalue weighted by Crippen LogP contribution is -2.44. The van der Waals surface area contributed by atoms with E-state index in [2.05, 4.69) is 22.0 Å². The lowest BCUT2D eigenvalue weighted by Gasteiger charge is -2.34. The molecule has 0 saturated carbocycles. The average molecular weight is 384 g/mol. The number of aliphatic hydroxyl groups excluding tert-OH is 1. The van der Waals surface area contributed by atoms with Crippen LogP contribution in [0.15, 0.2) is 34.9 Å². The van der Waals surface area contributed by atoms with E-state index < -0.39 is 6.10 Å². The molecule has 1 amide bonds. The highest BCUT2D eigenvalue weighted by Gasteiger charge is 2.35. The molecular weight excluding hydrogens is 356 g/mol. The minimum atomic E-state index is -0.543. The number of nitrogens with zero attached hydrogens (tertiary/aromatic N) is 4. The summed E-state index contributed by atoms with van der Waals surface area (Å²) in [5, 5.41) is 14.3. The number of aryl methyl sites for hydroxylation is 1. The summed E-state index contributed by atoms with van der Waals surface area (Å²) in [5.41, 5.74) is 2.65. The van der Waals surface area contributed by atoms with Gasteiger partial charge in [0, 0.05) is 68.9 Å². The van der Waals surface area contributed by atoms with Gasteiger partial charge in [0.15, 0.2) is 0 Å². The Morgan fingerprint density at radius 3 is 2.54 bits per heavy atom. The third kappa shape index (κ3) is 4.05. The maximum atomic E-state index is 12.9. The second kappa shape index (κ2) is 7.93. The van der Waals surface area contributed by atoms with Gasteiger partial charge in [-0.2, -0.15) is 0 Å². The minimum absolute atomic E-state index is 0.0269. The fourth-order valence-electron chi connectivity index (χ4n) is 4.05. The SMILES string of the molecule is Cc1cc(C[C@@H]2CN(C(=O)c3ccc(N4CCN(C)CC4)cc3)C[C@H]2O)on1. The zero-order chi connectivity index (χ0) is 19.7. The first-order valence-corrected chi connectivity index (χ1v) is 9.92. The van der Waals surface area contributed by atoms with Crippen LogP contribution in [0.2, 0.25) is 0 Å². The van der Waals surface area contributed by atoms with Crippen LogP contribution in [0.4, 0.5) is 5.69 Å². The molecule has 1 aromatic carbocycles. The van der Waals surface area contributed by atoms with Gasteiger partial charge in [-0.15, -0.1) is 0 Å². The summed E-state index contributed by atoms with van der Waals surface area (Å²) >= 11 is 0. The van der Waals surface area contributed by atoms with E-state index in [0.29, 0.717) is 25.1 Å². The van der Waals surface area contributed by atoms with E-state index in [1.807, 2.05) is 37.3 Å². The first kappa shape index (κ1) is 19.0. The van der Waals surface area contributed by atoms with Crippen LogP contribution in [-0.4, -0.2) is 78.4 Å². The average Bonchev–Trinajstić information content (AvgIpc) is 3.28. The predicted molar refractivity (Wildman–Crippen MR) is 106 cm³/mol. The third-order valence-corrected chi connectivity index (χ3v) is 5.82. The van der Waals surface area contributed by atoms with Crippen molar-refractivity contribution in [3.05, 3.63) is 47.3 Å². The number of benzene rings is 1. The fraction of sp³-hybridized carbons (Fsp3) is 0.524. The van der Waals surface area contributed by atoms with Gasteiger partial charge in [-0.05, 0) is 38.2 Å². The Hall–Kier alpha value is -2.38. The van der Waals surface area contributed by atoms with E-state index in [1.54, 1.807) is 4.90 Å². The number of amides is 1. The molecule has 0 radical (unpaired) electrons. The van der Waals surface area contributed by atoms with E-state index in [0.717, 1.165) is 43.3 Å². The fourth-order valence-corrected chi connectivity index (χ4v) is 4.05. The molecule has 0 aliphatic carbocycles. The van der Waals surface area contributed by atoms with Crippen molar-refractivity contribution in [2.45, 2.75) is 19.4 Å². The summed E-state index contributed by atoms with van der Waals surface area (Å²) < 4.78 is 5.26. The largest absolute Gasteiger partial charge is 0.391 e. The second-order valence-corrected chi connectivity index (χ2v) is 8.01. The van der Waals surface area contributed by atoms with Crippen molar-refractivity contribution in [1.82, 2.24) is 15.0 Å². The van der Waals surface area contributed by atoms with Crippen molar-refractivity contribution in [3.8, 4) is 0 Å². The Kier molecular flexibility index (Phi) is 5.37. The Morgan fingerprint density at radius 1 is 1.18 bits per heavy atom. The highest BCUT2D eigenvalue weighted by Crippen LogP contribution is 2.24. The van der Waals surface area contributed by atoms with E-state index in [-0.39, 0.29) is 11.8 Å². The van der Waals surface area contributed by atoms with Crippen LogP contribution in [0.25, 0.3) is 0 Å². The number of hydrogen-bond donors (Lipinski definition) is 1. The topological polar surface area (TPSA) is 73.1 Å². The monoisotopic (exact) mass is 384 g/mol. The molecule has 1 N–H and O–H groups in total. The number of hydrogen-bond acceptors (Lipinski definition) is 6. The number of piperazine rings is 1. The molecule has 150 valence electrons. The van der Waals surface area contributed by atoms with Gasteiger partial charge >= 0.3 is 0 Å². The van der Waals surface area contributed by atoms with E-state index in [1.165, 1.54) is 0 Å². The number of likely N-dealkylation sites (tertiary alicyclic amines) is 1. The van der Waals surface area contributed by atoms with Gasteiger partial charge in [0.25, 0.3) is 5.91 Å². The van der Waals surface area contributed by atoms with Crippen LogP contribution in [0.1, 0.15) is 21.8 Å². The lowest BCUT2D eigenvalue weighted by molar-refractivity contribution is 0.0764. The molecule has 0 unspecified atom stereocenters. The Balaban J connectivity index is 1.37. The van der Waals surface area contributed by atoms with Gasteiger partial charge in [0.05, 0.1) is 11.8 Å². The first-order valence-electron chi connectivity index (χ1n) is 9.92. The van der Waals surface area contributed by atoms with Gasteiger partial charge in [0.2, 0.25) is 0 Å². The molecule has 2 aromatic rings. The van der Waals surface area contributed by atoms with E-state index in [9.17, 15) is 9.90 Å². The second-order valence-electron chi connectivity index (χ2n) is 8.01. The third-order valence-electron chi connectivity index (χ3n) is 5.82. The van der Waals surface area contributed by atoms with Crippen LogP contribution in [-0.2, 0) is 6.42 Å². The van der Waals surface area contributed by atoms with Crippen molar-refractivity contribution in [1.29, 1.82) is 0 Å². The Bertz CT molecular complexity index is 811. The number of carbonyl (C=O) groups excluding carboxylic acids is 1. The molecule has 0 bridgehead atoms. The number of anilines is 1. The maximum Gasteiger partial charge on any atom is 0.253 e. The van der Waals surface area contributed by atoms with E-state index in [4.69, 9.17) is 4.52 Å². The van der Waals surface area contributed by atoms with Crippen LogP contribution >= 0.6 is 0 Å². The number of aliphatic hydroxyl groups is 1. The molecule has 28 heavy (non-hydrogen) atoms. The molecule has 2 atom stereocenters. The standard InChI is InChI=1S/C21H28N4O3/c1-15-11-19(28-22-15)12-17-13-25(14-20(17)26)21(27)16-3-5-18(6-4-16)24-9-7-23(2)8-10-24/h3-6,11,17,20,26H,7-10,12-14H2,1-2H3/t17-,20-/m1/s1. The summed E-state index contributed by atoms with van der Waals surface area (Å²) in [6, 6.07) is 9.74. The highest BCUT2D eigenvalue weighted by molar-refractivity contribution is 5.94. The Labute approximate surface area is 165 Å². The van der Waals surface area contributed by atoms with Crippen molar-refractivity contribution in [3.63, 3.8) is 0 Å². The van der Waals surface area contributed by atoms with Crippen LogP contribution in [0.3, 0.4) is 0 Å². The smallest absolute Gasteiger partial charge is 0.253 e. The molecule has 2 saturated heterocycles. The van der Waals surface area contributed by atoms with Gasteiger partial charge in [-0.1, -0.05) is 5.16 Å². The summed E-state index contributed by atoms with van der Waals surface area (Å²) in [5.74, 6) is 0.702. The maximum absolute atomic E-state index is 12.9. The number of likely N-dealkylation sites (N-methyl/N-ethyl adjacent to an activating group) is 1. The van der Waals surface area contributed by atoms with Crippen molar-refractivity contribution < 1.29 is 14.4 Å². The number of aromatic nitrogens is 1. The number of β-amino-alcohol motifs (C(OH)–C–C–N with tert-alkyl or cyclic N) is 1. The number of carbonyl (C=O) groups is 1. The van der Waals surface area contributed by atoms with Crippen molar-refractivity contribution in [2.24, 2.45) is 5.92 Å². The normalized spacial score (nSPS) is 23.4. The minimum Gasteiger partial charge on any atom is -0.391 e. The predicted octanol–water partition coefficient (Wildman–Crippen LogP) is 1.41. The molecule has 3 heterocycles. The molecule has 0 spiro atoms. The van der Waals surface area contributed by atoms with Gasteiger partial charge in [0.1, 0.15) is 5.76 Å². The van der Waals surface area contributed by atoms with Crippen LogP contribution in [0, 0.1) is 12.8 Å². The Morgan fingerprint density at radius 2 is 1.89 bits per heavy atom. The van der Waals surface area contributed by atoms with Crippen molar-refractivity contribution in [2.75, 3.05) is 51.2 Å².